The standard InChI is InChI=1S/C65H106O6/c1-4-7-10-13-16-19-22-25-28-31-32-35-38-41-44-47-50-53-56-59-65(68)71-62(60-69-63(66)57-54-51-48-45-42-39-36-33-29-26-23-20-17-14-11-8-5-2)61-70-64(67)58-55-52-49-46-43-40-37-34-30-27-24-21-18-15-12-9-6-3/h16-21,25-30,36-37,39-40,45-46,48-49,62H,4-15,22-24,31-35,38,41-44,47,50-61H2,1-3H3/b19-16-,20-17-,21-18-,28-25-,29-26-,30-27-,39-36-,40-37-,48-45-,49-46-. The molecule has 6 nitrogen and oxygen atoms in total. The number of allylic oxidation sites excluding steroid dienone is 20. The highest BCUT2D eigenvalue weighted by atomic mass is 16.6. The Morgan fingerprint density at radius 1 is 0.282 bits per heavy atom. The lowest BCUT2D eigenvalue weighted by molar-refractivity contribution is -0.167. The number of rotatable bonds is 51. The highest BCUT2D eigenvalue weighted by Crippen LogP contribution is 2.14. The summed E-state index contributed by atoms with van der Waals surface area (Å²) >= 11 is 0. The molecular weight excluding hydrogens is 877 g/mol. The number of unbranched alkanes of at least 4 members (excludes halogenated alkanes) is 20. The van der Waals surface area contributed by atoms with Crippen LogP contribution in [0.5, 0.6) is 0 Å². The van der Waals surface area contributed by atoms with Gasteiger partial charge in [0, 0.05) is 19.3 Å². The molecule has 0 aliphatic heterocycles. The molecule has 0 bridgehead atoms. The summed E-state index contributed by atoms with van der Waals surface area (Å²) in [4.78, 5) is 38.1. The Balaban J connectivity index is 4.57. The van der Waals surface area contributed by atoms with Crippen molar-refractivity contribution >= 4 is 17.9 Å². The van der Waals surface area contributed by atoms with Gasteiger partial charge < -0.3 is 14.2 Å². The van der Waals surface area contributed by atoms with Gasteiger partial charge >= 0.3 is 17.9 Å². The first-order valence-electron chi connectivity index (χ1n) is 29.0. The summed E-state index contributed by atoms with van der Waals surface area (Å²) in [6.07, 6.45) is 80.5. The topological polar surface area (TPSA) is 78.9 Å². The quantitative estimate of drug-likeness (QED) is 0.0261. The zero-order chi connectivity index (χ0) is 51.4. The molecule has 0 aromatic rings. The zero-order valence-electron chi connectivity index (χ0n) is 45.9. The van der Waals surface area contributed by atoms with E-state index in [-0.39, 0.29) is 44.0 Å². The van der Waals surface area contributed by atoms with Gasteiger partial charge in [-0.3, -0.25) is 14.4 Å². The first kappa shape index (κ1) is 66.8. The highest BCUT2D eigenvalue weighted by Gasteiger charge is 2.19. The minimum Gasteiger partial charge on any atom is -0.462 e. The molecule has 0 aromatic heterocycles. The highest BCUT2D eigenvalue weighted by molar-refractivity contribution is 5.71. The normalized spacial score (nSPS) is 12.6. The van der Waals surface area contributed by atoms with E-state index in [1.165, 1.54) is 122 Å². The molecule has 0 saturated carbocycles. The Labute approximate surface area is 437 Å². The van der Waals surface area contributed by atoms with Crippen LogP contribution in [0.1, 0.15) is 252 Å². The summed E-state index contributed by atoms with van der Waals surface area (Å²) in [7, 11) is 0. The maximum Gasteiger partial charge on any atom is 0.306 e. The van der Waals surface area contributed by atoms with Crippen LogP contribution in [0.2, 0.25) is 0 Å². The molecule has 0 aromatic carbocycles. The summed E-state index contributed by atoms with van der Waals surface area (Å²) in [5.74, 6) is -1.04. The van der Waals surface area contributed by atoms with Crippen LogP contribution in [0, 0.1) is 0 Å². The second kappa shape index (κ2) is 58.4. The Kier molecular flexibility index (Phi) is 54.9. The Bertz CT molecular complexity index is 1420. The van der Waals surface area contributed by atoms with Crippen LogP contribution in [-0.4, -0.2) is 37.2 Å². The predicted octanol–water partition coefficient (Wildman–Crippen LogP) is 19.6. The Hall–Kier alpha value is -4.19. The monoisotopic (exact) mass is 983 g/mol. The maximum atomic E-state index is 12.9. The number of ether oxygens (including phenoxy) is 3. The fourth-order valence-corrected chi connectivity index (χ4v) is 7.52. The minimum absolute atomic E-state index is 0.128. The number of hydrogen-bond donors (Lipinski definition) is 0. The fourth-order valence-electron chi connectivity index (χ4n) is 7.52. The van der Waals surface area contributed by atoms with Crippen LogP contribution >= 0.6 is 0 Å². The molecule has 0 N–H and O–H groups in total. The van der Waals surface area contributed by atoms with Crippen molar-refractivity contribution in [2.24, 2.45) is 0 Å². The maximum absolute atomic E-state index is 12.9. The van der Waals surface area contributed by atoms with Crippen molar-refractivity contribution in [3.8, 4) is 0 Å². The number of carbonyl (C=O) groups is 3. The van der Waals surface area contributed by atoms with Crippen molar-refractivity contribution < 1.29 is 28.6 Å². The van der Waals surface area contributed by atoms with E-state index in [0.717, 1.165) is 77.0 Å². The smallest absolute Gasteiger partial charge is 0.306 e. The van der Waals surface area contributed by atoms with Gasteiger partial charge in [-0.15, -0.1) is 0 Å². The summed E-state index contributed by atoms with van der Waals surface area (Å²) in [6.45, 7) is 6.46. The summed E-state index contributed by atoms with van der Waals surface area (Å²) < 4.78 is 16.8. The molecule has 71 heavy (non-hydrogen) atoms. The van der Waals surface area contributed by atoms with Gasteiger partial charge in [0.15, 0.2) is 6.10 Å². The molecule has 0 radical (unpaired) electrons. The molecule has 6 heteroatoms. The van der Waals surface area contributed by atoms with Crippen molar-refractivity contribution in [1.82, 2.24) is 0 Å². The van der Waals surface area contributed by atoms with Crippen LogP contribution in [0.25, 0.3) is 0 Å². The van der Waals surface area contributed by atoms with Crippen LogP contribution in [-0.2, 0) is 28.6 Å². The van der Waals surface area contributed by atoms with E-state index in [1.807, 2.05) is 0 Å². The van der Waals surface area contributed by atoms with E-state index in [0.29, 0.717) is 19.3 Å². The van der Waals surface area contributed by atoms with Gasteiger partial charge in [-0.1, -0.05) is 226 Å². The molecule has 0 amide bonds. The van der Waals surface area contributed by atoms with Crippen LogP contribution < -0.4 is 0 Å². The van der Waals surface area contributed by atoms with Crippen LogP contribution in [0.3, 0.4) is 0 Å². The van der Waals surface area contributed by atoms with Crippen molar-refractivity contribution in [3.05, 3.63) is 122 Å². The second-order valence-electron chi connectivity index (χ2n) is 18.8. The van der Waals surface area contributed by atoms with Crippen molar-refractivity contribution in [2.45, 2.75) is 258 Å². The van der Waals surface area contributed by atoms with E-state index in [1.54, 1.807) is 0 Å². The lowest BCUT2D eigenvalue weighted by atomic mass is 10.1. The Morgan fingerprint density at radius 3 is 0.831 bits per heavy atom. The van der Waals surface area contributed by atoms with Crippen molar-refractivity contribution in [1.29, 1.82) is 0 Å². The van der Waals surface area contributed by atoms with Crippen molar-refractivity contribution in [2.75, 3.05) is 13.2 Å². The van der Waals surface area contributed by atoms with Gasteiger partial charge in [0.05, 0.1) is 0 Å². The predicted molar refractivity (Wildman–Crippen MR) is 306 cm³/mol. The zero-order valence-corrected chi connectivity index (χ0v) is 45.9. The second-order valence-corrected chi connectivity index (χ2v) is 18.8. The van der Waals surface area contributed by atoms with E-state index in [9.17, 15) is 14.4 Å². The molecule has 0 fully saturated rings. The van der Waals surface area contributed by atoms with Gasteiger partial charge in [-0.05, 0) is 128 Å². The van der Waals surface area contributed by atoms with Gasteiger partial charge in [0.1, 0.15) is 13.2 Å². The first-order chi connectivity index (χ1) is 35.0. The molecule has 0 heterocycles. The molecule has 402 valence electrons. The molecule has 0 aliphatic rings. The van der Waals surface area contributed by atoms with Gasteiger partial charge in [0.2, 0.25) is 0 Å². The lowest BCUT2D eigenvalue weighted by Gasteiger charge is -2.18. The third-order valence-electron chi connectivity index (χ3n) is 11.9. The van der Waals surface area contributed by atoms with Gasteiger partial charge in [0.25, 0.3) is 0 Å². The van der Waals surface area contributed by atoms with E-state index in [2.05, 4.69) is 142 Å². The average molecular weight is 984 g/mol. The molecule has 0 rings (SSSR count). The van der Waals surface area contributed by atoms with E-state index >= 15 is 0 Å². The third kappa shape index (κ3) is 56.6. The van der Waals surface area contributed by atoms with E-state index < -0.39 is 6.10 Å². The van der Waals surface area contributed by atoms with Gasteiger partial charge in [-0.25, -0.2) is 0 Å². The molecule has 0 unspecified atom stereocenters. The molecule has 0 saturated heterocycles. The molecule has 0 aliphatic carbocycles. The summed E-state index contributed by atoms with van der Waals surface area (Å²) in [5.41, 5.74) is 0. The van der Waals surface area contributed by atoms with E-state index in [4.69, 9.17) is 14.2 Å². The lowest BCUT2D eigenvalue weighted by Crippen LogP contribution is -2.30. The number of carbonyl (C=O) groups excluding carboxylic acids is 3. The van der Waals surface area contributed by atoms with Gasteiger partial charge in [-0.2, -0.15) is 0 Å². The molecule has 0 spiro atoms. The third-order valence-corrected chi connectivity index (χ3v) is 11.9. The fraction of sp³-hybridized carbons (Fsp3) is 0.646. The van der Waals surface area contributed by atoms with Crippen LogP contribution in [0.15, 0.2) is 122 Å². The Morgan fingerprint density at radius 2 is 0.521 bits per heavy atom. The number of hydrogen-bond acceptors (Lipinski definition) is 6. The summed E-state index contributed by atoms with van der Waals surface area (Å²) in [6, 6.07) is 0. The molecular formula is C65H106O6. The van der Waals surface area contributed by atoms with Crippen LogP contribution in [0.4, 0.5) is 0 Å². The minimum atomic E-state index is -0.829. The average Bonchev–Trinajstić information content (AvgIpc) is 3.37. The van der Waals surface area contributed by atoms with Crippen molar-refractivity contribution in [3.63, 3.8) is 0 Å². The first-order valence-corrected chi connectivity index (χ1v) is 29.0. The largest absolute Gasteiger partial charge is 0.462 e. The SMILES string of the molecule is CCCCC/C=C\C/C=C\C/C=C\C/C=C\CCCC(=O)OCC(COC(=O)CCC/C=C\C/C=C\C/C=C\C/C=C\CCCCC)OC(=O)CCCCCCCCCCC/C=C\C/C=C\CCCCC. The molecule has 0 atom stereocenters. The number of esters is 3. The summed E-state index contributed by atoms with van der Waals surface area (Å²) in [5, 5.41) is 0.